The minimum absolute atomic E-state index is 0.0990. The number of fused-ring (bicyclic) bond motifs is 1. The molecule has 5 nitrogen and oxygen atoms in total. The van der Waals surface area contributed by atoms with Crippen molar-refractivity contribution in [3.8, 4) is 11.8 Å². The Hall–Kier alpha value is -3.47. The molecule has 3 rings (SSSR count). The first kappa shape index (κ1) is 19.3. The molecule has 1 N–H and O–H groups in total. The zero-order valence-corrected chi connectivity index (χ0v) is 14.9. The third-order valence-corrected chi connectivity index (χ3v) is 4.11. The highest BCUT2D eigenvalue weighted by atomic mass is 19.4. The van der Waals surface area contributed by atoms with Gasteiger partial charge in [0.05, 0.1) is 5.56 Å². The van der Waals surface area contributed by atoms with Gasteiger partial charge in [-0.3, -0.25) is 4.79 Å². The number of nitrogens with one attached hydrogen (secondary N) is 1. The molecule has 0 unspecified atom stereocenters. The first-order chi connectivity index (χ1) is 13.3. The molecule has 0 saturated heterocycles. The largest absolute Gasteiger partial charge is 0.483 e. The van der Waals surface area contributed by atoms with Crippen molar-refractivity contribution in [1.82, 2.24) is 4.57 Å². The van der Waals surface area contributed by atoms with Crippen molar-refractivity contribution in [1.29, 1.82) is 5.26 Å². The van der Waals surface area contributed by atoms with E-state index in [0.29, 0.717) is 12.2 Å². The van der Waals surface area contributed by atoms with Crippen LogP contribution in [0.15, 0.2) is 48.5 Å². The number of halogens is 3. The summed E-state index contributed by atoms with van der Waals surface area (Å²) in [6, 6.07) is 15.0. The van der Waals surface area contributed by atoms with Crippen molar-refractivity contribution in [2.45, 2.75) is 19.6 Å². The van der Waals surface area contributed by atoms with E-state index >= 15 is 0 Å². The number of nitrogens with zero attached hydrogens (tertiary/aromatic N) is 2. The minimum Gasteiger partial charge on any atom is -0.483 e. The normalized spacial score (nSPS) is 11.2. The predicted octanol–water partition coefficient (Wildman–Crippen LogP) is 4.73. The van der Waals surface area contributed by atoms with E-state index in [1.165, 1.54) is 18.2 Å². The number of hydrogen-bond acceptors (Lipinski definition) is 3. The number of nitriles is 1. The minimum atomic E-state index is -4.51. The summed E-state index contributed by atoms with van der Waals surface area (Å²) in [5.41, 5.74) is 1.55. The molecule has 0 aliphatic heterocycles. The van der Waals surface area contributed by atoms with Gasteiger partial charge in [0.25, 0.3) is 5.91 Å². The lowest BCUT2D eigenvalue weighted by molar-refractivity contribution is -0.153. The molecule has 1 aromatic heterocycles. The molecule has 0 atom stereocenters. The summed E-state index contributed by atoms with van der Waals surface area (Å²) < 4.78 is 43.4. The first-order valence-electron chi connectivity index (χ1n) is 8.45. The maximum Gasteiger partial charge on any atom is 0.422 e. The van der Waals surface area contributed by atoms with E-state index in [-0.39, 0.29) is 22.9 Å². The Morgan fingerprint density at radius 2 is 1.96 bits per heavy atom. The van der Waals surface area contributed by atoms with E-state index in [9.17, 15) is 23.2 Å². The Kier molecular flexibility index (Phi) is 5.27. The van der Waals surface area contributed by atoms with Crippen molar-refractivity contribution < 1.29 is 22.7 Å². The van der Waals surface area contributed by atoms with Gasteiger partial charge in [-0.25, -0.2) is 0 Å². The molecule has 1 amide bonds. The lowest BCUT2D eigenvalue weighted by atomic mass is 10.2. The molecular formula is C20H16F3N3O2. The van der Waals surface area contributed by atoms with Crippen LogP contribution < -0.4 is 10.1 Å². The quantitative estimate of drug-likeness (QED) is 0.688. The van der Waals surface area contributed by atoms with Gasteiger partial charge >= 0.3 is 6.18 Å². The molecule has 8 heteroatoms. The van der Waals surface area contributed by atoms with Crippen LogP contribution in [-0.4, -0.2) is 23.3 Å². The maximum atomic E-state index is 12.7. The molecule has 0 saturated carbocycles. The van der Waals surface area contributed by atoms with E-state index in [2.05, 4.69) is 10.1 Å². The summed E-state index contributed by atoms with van der Waals surface area (Å²) in [7, 11) is 0. The van der Waals surface area contributed by atoms with Crippen LogP contribution in [0.1, 0.15) is 23.0 Å². The fraction of sp³-hybridized carbons (Fsp3) is 0.200. The van der Waals surface area contributed by atoms with Gasteiger partial charge in [-0.2, -0.15) is 18.4 Å². The van der Waals surface area contributed by atoms with Crippen molar-refractivity contribution >= 4 is 22.5 Å². The number of benzene rings is 2. The number of carbonyl (C=O) groups is 1. The smallest absolute Gasteiger partial charge is 0.422 e. The van der Waals surface area contributed by atoms with Crippen molar-refractivity contribution in [3.63, 3.8) is 0 Å². The predicted molar refractivity (Wildman–Crippen MR) is 98.3 cm³/mol. The zero-order chi connectivity index (χ0) is 20.3. The summed E-state index contributed by atoms with van der Waals surface area (Å²) in [4.78, 5) is 12.7. The van der Waals surface area contributed by atoms with Crippen LogP contribution in [0.3, 0.4) is 0 Å². The van der Waals surface area contributed by atoms with Gasteiger partial charge in [0, 0.05) is 23.1 Å². The number of amides is 1. The summed E-state index contributed by atoms with van der Waals surface area (Å²) in [6.45, 7) is 1.01. The van der Waals surface area contributed by atoms with E-state index in [4.69, 9.17) is 0 Å². The van der Waals surface area contributed by atoms with Crippen LogP contribution in [0.5, 0.6) is 5.75 Å². The van der Waals surface area contributed by atoms with Gasteiger partial charge in [0.1, 0.15) is 17.5 Å². The van der Waals surface area contributed by atoms with E-state index < -0.39 is 12.8 Å². The van der Waals surface area contributed by atoms with Gasteiger partial charge in [-0.1, -0.05) is 18.2 Å². The van der Waals surface area contributed by atoms with E-state index in [1.807, 2.05) is 35.8 Å². The lowest BCUT2D eigenvalue weighted by Gasteiger charge is -2.12. The molecule has 0 bridgehead atoms. The average Bonchev–Trinajstić information content (AvgIpc) is 3.05. The topological polar surface area (TPSA) is 67.1 Å². The maximum absolute atomic E-state index is 12.7. The van der Waals surface area contributed by atoms with Crippen LogP contribution in [0, 0.1) is 11.3 Å². The second-order valence-electron chi connectivity index (χ2n) is 6.01. The number of anilines is 1. The van der Waals surface area contributed by atoms with Crippen LogP contribution in [-0.2, 0) is 6.54 Å². The molecule has 0 aliphatic carbocycles. The summed E-state index contributed by atoms with van der Waals surface area (Å²) >= 11 is 0. The highest BCUT2D eigenvalue weighted by Gasteiger charge is 2.29. The number of hydrogen-bond donors (Lipinski definition) is 1. The molecule has 3 aromatic rings. The Morgan fingerprint density at radius 3 is 2.64 bits per heavy atom. The standard InChI is InChI=1S/C20H16F3N3O2/c1-2-26-16-6-4-3-5-13(16)10-17(26)19(27)25-15-7-8-18(14(9-15)11-24)28-12-20(21,22)23/h3-10H,2,12H2,1H3,(H,25,27). The monoisotopic (exact) mass is 387 g/mol. The van der Waals surface area contributed by atoms with Crippen LogP contribution in [0.2, 0.25) is 0 Å². The highest BCUT2D eigenvalue weighted by molar-refractivity contribution is 6.06. The Labute approximate surface area is 158 Å². The number of rotatable bonds is 5. The molecule has 144 valence electrons. The molecule has 1 heterocycles. The molecular weight excluding hydrogens is 371 g/mol. The van der Waals surface area contributed by atoms with Crippen LogP contribution >= 0.6 is 0 Å². The number of aryl methyl sites for hydroxylation is 1. The fourth-order valence-corrected chi connectivity index (χ4v) is 2.91. The highest BCUT2D eigenvalue weighted by Crippen LogP contribution is 2.26. The number of para-hydroxylation sites is 1. The van der Waals surface area contributed by atoms with Crippen molar-refractivity contribution in [2.75, 3.05) is 11.9 Å². The second kappa shape index (κ2) is 7.64. The fourth-order valence-electron chi connectivity index (χ4n) is 2.91. The summed E-state index contributed by atoms with van der Waals surface area (Å²) in [5, 5.41) is 12.8. The molecule has 0 fully saturated rings. The van der Waals surface area contributed by atoms with Gasteiger partial charge in [0.15, 0.2) is 6.61 Å². The van der Waals surface area contributed by atoms with E-state index in [0.717, 1.165) is 10.9 Å². The van der Waals surface area contributed by atoms with Crippen molar-refractivity contribution in [2.24, 2.45) is 0 Å². The van der Waals surface area contributed by atoms with Gasteiger partial charge < -0.3 is 14.6 Å². The molecule has 0 aliphatic rings. The van der Waals surface area contributed by atoms with Crippen LogP contribution in [0.4, 0.5) is 18.9 Å². The Bertz CT molecular complexity index is 1060. The summed E-state index contributed by atoms with van der Waals surface area (Å²) in [6.07, 6.45) is -4.51. The molecule has 0 radical (unpaired) electrons. The number of alkyl halides is 3. The lowest BCUT2D eigenvalue weighted by Crippen LogP contribution is -2.20. The van der Waals surface area contributed by atoms with Gasteiger partial charge in [-0.15, -0.1) is 0 Å². The van der Waals surface area contributed by atoms with Crippen LogP contribution in [0.25, 0.3) is 10.9 Å². The first-order valence-corrected chi connectivity index (χ1v) is 8.45. The van der Waals surface area contributed by atoms with Gasteiger partial charge in [0.2, 0.25) is 0 Å². The zero-order valence-electron chi connectivity index (χ0n) is 14.9. The molecule has 28 heavy (non-hydrogen) atoms. The summed E-state index contributed by atoms with van der Waals surface area (Å²) in [5.74, 6) is -0.577. The third kappa shape index (κ3) is 4.09. The molecule has 0 spiro atoms. The number of carbonyl (C=O) groups excluding carboxylic acids is 1. The Balaban J connectivity index is 1.84. The average molecular weight is 387 g/mol. The second-order valence-corrected chi connectivity index (χ2v) is 6.01. The van der Waals surface area contributed by atoms with Crippen molar-refractivity contribution in [3.05, 3.63) is 59.8 Å². The number of aromatic nitrogens is 1. The van der Waals surface area contributed by atoms with E-state index in [1.54, 1.807) is 12.1 Å². The third-order valence-electron chi connectivity index (χ3n) is 4.11. The SMILES string of the molecule is CCn1c(C(=O)Nc2ccc(OCC(F)(F)F)c(C#N)c2)cc2ccccc21. The number of ether oxygens (including phenoxy) is 1. The van der Waals surface area contributed by atoms with Gasteiger partial charge in [-0.05, 0) is 37.3 Å². The molecule has 2 aromatic carbocycles. The Morgan fingerprint density at radius 1 is 1.21 bits per heavy atom.